The second-order valence-electron chi connectivity index (χ2n) is 7.97. The van der Waals surface area contributed by atoms with E-state index in [-0.39, 0.29) is 12.2 Å². The van der Waals surface area contributed by atoms with Gasteiger partial charge in [-0.1, -0.05) is 43.3 Å². The molecule has 1 aliphatic heterocycles. The average molecular weight is 428 g/mol. The van der Waals surface area contributed by atoms with Crippen LogP contribution in [0.25, 0.3) is 10.8 Å². The molecule has 8 heteroatoms. The van der Waals surface area contributed by atoms with Gasteiger partial charge in [-0.05, 0) is 36.5 Å². The largest absolute Gasteiger partial charge is 0.416 e. The summed E-state index contributed by atoms with van der Waals surface area (Å²) in [5.74, 6) is 0.966. The Morgan fingerprint density at radius 1 is 1.06 bits per heavy atom. The summed E-state index contributed by atoms with van der Waals surface area (Å²) in [6, 6.07) is 12.4. The fourth-order valence-corrected chi connectivity index (χ4v) is 3.84. The van der Waals surface area contributed by atoms with E-state index in [4.69, 9.17) is 0 Å². The van der Waals surface area contributed by atoms with Crippen LogP contribution in [0.3, 0.4) is 0 Å². The van der Waals surface area contributed by atoms with Crippen molar-refractivity contribution in [1.29, 1.82) is 0 Å². The molecule has 0 bridgehead atoms. The number of benzene rings is 2. The van der Waals surface area contributed by atoms with E-state index in [1.54, 1.807) is 6.07 Å². The number of nitrogens with one attached hydrogen (secondary N) is 1. The van der Waals surface area contributed by atoms with E-state index in [1.165, 1.54) is 6.07 Å². The molecule has 5 nitrogen and oxygen atoms in total. The Bertz CT molecular complexity index is 1090. The van der Waals surface area contributed by atoms with Gasteiger partial charge in [-0.25, -0.2) is 0 Å². The molecular weight excluding hydrogens is 405 g/mol. The van der Waals surface area contributed by atoms with Crippen LogP contribution in [-0.2, 0) is 12.7 Å². The standard InChI is InChI=1S/C23H23F3N4O/c1-15-9-11-30(12-10-15)21-19-8-3-2-7-18(19)20(28-29-21)22(31)27-14-16-5-4-6-17(13-16)23(24,25)26/h2-8,13,15H,9-12,14H2,1H3,(H,27,31). The minimum Gasteiger partial charge on any atom is -0.355 e. The zero-order chi connectivity index (χ0) is 22.0. The smallest absolute Gasteiger partial charge is 0.355 e. The molecule has 1 aromatic heterocycles. The van der Waals surface area contributed by atoms with Gasteiger partial charge in [0.05, 0.1) is 5.56 Å². The van der Waals surface area contributed by atoms with E-state index in [0.29, 0.717) is 16.9 Å². The SMILES string of the molecule is CC1CCN(c2nnc(C(=O)NCc3cccc(C(F)(F)F)c3)c3ccccc23)CC1. The highest BCUT2D eigenvalue weighted by molar-refractivity contribution is 6.07. The molecule has 0 unspecified atom stereocenters. The lowest BCUT2D eigenvalue weighted by Gasteiger charge is -2.31. The number of halogens is 3. The number of aromatic nitrogens is 2. The van der Waals surface area contributed by atoms with Crippen LogP contribution in [0.4, 0.5) is 19.0 Å². The molecule has 3 aromatic rings. The van der Waals surface area contributed by atoms with Crippen molar-refractivity contribution in [2.24, 2.45) is 5.92 Å². The van der Waals surface area contributed by atoms with Gasteiger partial charge in [0.25, 0.3) is 5.91 Å². The number of anilines is 1. The Kier molecular flexibility index (Phi) is 5.80. The van der Waals surface area contributed by atoms with Gasteiger partial charge in [-0.3, -0.25) is 4.79 Å². The van der Waals surface area contributed by atoms with Gasteiger partial charge in [-0.15, -0.1) is 10.2 Å². The van der Waals surface area contributed by atoms with Crippen LogP contribution in [0.1, 0.15) is 41.4 Å². The first-order valence-electron chi connectivity index (χ1n) is 10.3. The minimum atomic E-state index is -4.43. The molecular formula is C23H23F3N4O. The van der Waals surface area contributed by atoms with Crippen LogP contribution in [0, 0.1) is 5.92 Å². The summed E-state index contributed by atoms with van der Waals surface area (Å²) < 4.78 is 38.7. The molecule has 0 aliphatic carbocycles. The number of amides is 1. The van der Waals surface area contributed by atoms with Gasteiger partial charge in [0.15, 0.2) is 11.5 Å². The lowest BCUT2D eigenvalue weighted by atomic mass is 9.99. The van der Waals surface area contributed by atoms with Gasteiger partial charge in [0.2, 0.25) is 0 Å². The average Bonchev–Trinajstić information content (AvgIpc) is 2.77. The summed E-state index contributed by atoms with van der Waals surface area (Å²) in [7, 11) is 0. The predicted octanol–water partition coefficient (Wildman–Crippen LogP) is 4.81. The Labute approximate surface area is 178 Å². The lowest BCUT2D eigenvalue weighted by Crippen LogP contribution is -2.34. The van der Waals surface area contributed by atoms with Crippen LogP contribution in [-0.4, -0.2) is 29.2 Å². The van der Waals surface area contributed by atoms with E-state index >= 15 is 0 Å². The first-order chi connectivity index (χ1) is 14.8. The lowest BCUT2D eigenvalue weighted by molar-refractivity contribution is -0.137. The van der Waals surface area contributed by atoms with Crippen molar-refractivity contribution in [3.8, 4) is 0 Å². The number of piperidine rings is 1. The van der Waals surface area contributed by atoms with Gasteiger partial charge >= 0.3 is 6.18 Å². The van der Waals surface area contributed by atoms with Crippen molar-refractivity contribution in [1.82, 2.24) is 15.5 Å². The third-order valence-corrected chi connectivity index (χ3v) is 5.67. The van der Waals surface area contributed by atoms with E-state index in [1.807, 2.05) is 24.3 Å². The van der Waals surface area contributed by atoms with E-state index in [2.05, 4.69) is 27.3 Å². The maximum Gasteiger partial charge on any atom is 0.416 e. The number of rotatable bonds is 4. The first kappa shape index (κ1) is 21.1. The number of carbonyl (C=O) groups is 1. The predicted molar refractivity (Wildman–Crippen MR) is 113 cm³/mol. The molecule has 0 atom stereocenters. The van der Waals surface area contributed by atoms with Gasteiger partial charge in [0.1, 0.15) is 0 Å². The first-order valence-corrected chi connectivity index (χ1v) is 10.3. The summed E-state index contributed by atoms with van der Waals surface area (Å²) in [4.78, 5) is 15.0. The fourth-order valence-electron chi connectivity index (χ4n) is 3.84. The maximum absolute atomic E-state index is 12.9. The molecule has 31 heavy (non-hydrogen) atoms. The number of alkyl halides is 3. The molecule has 2 heterocycles. The zero-order valence-electron chi connectivity index (χ0n) is 17.1. The number of hydrogen-bond donors (Lipinski definition) is 1. The Morgan fingerprint density at radius 3 is 2.48 bits per heavy atom. The van der Waals surface area contributed by atoms with Crippen molar-refractivity contribution in [3.63, 3.8) is 0 Å². The highest BCUT2D eigenvalue weighted by atomic mass is 19.4. The molecule has 1 fully saturated rings. The van der Waals surface area contributed by atoms with Gasteiger partial charge in [-0.2, -0.15) is 13.2 Å². The van der Waals surface area contributed by atoms with Crippen molar-refractivity contribution < 1.29 is 18.0 Å². The Balaban J connectivity index is 1.56. The molecule has 0 saturated carbocycles. The quantitative estimate of drug-likeness (QED) is 0.648. The summed E-state index contributed by atoms with van der Waals surface area (Å²) >= 11 is 0. The van der Waals surface area contributed by atoms with E-state index < -0.39 is 17.6 Å². The zero-order valence-corrected chi connectivity index (χ0v) is 17.1. The number of carbonyl (C=O) groups excluding carboxylic acids is 1. The fraction of sp³-hybridized carbons (Fsp3) is 0.348. The third kappa shape index (κ3) is 4.62. The van der Waals surface area contributed by atoms with Crippen LogP contribution in [0.15, 0.2) is 48.5 Å². The number of hydrogen-bond acceptors (Lipinski definition) is 4. The second kappa shape index (κ2) is 8.53. The van der Waals surface area contributed by atoms with E-state index in [9.17, 15) is 18.0 Å². The topological polar surface area (TPSA) is 58.1 Å². The number of nitrogens with zero attached hydrogens (tertiary/aromatic N) is 3. The Hall–Kier alpha value is -3.16. The van der Waals surface area contributed by atoms with Crippen LogP contribution in [0.5, 0.6) is 0 Å². The monoisotopic (exact) mass is 428 g/mol. The van der Waals surface area contributed by atoms with Crippen molar-refractivity contribution in [3.05, 3.63) is 65.4 Å². The molecule has 1 saturated heterocycles. The second-order valence-corrected chi connectivity index (χ2v) is 7.97. The van der Waals surface area contributed by atoms with Gasteiger partial charge in [0, 0.05) is 30.4 Å². The van der Waals surface area contributed by atoms with Crippen LogP contribution < -0.4 is 10.2 Å². The van der Waals surface area contributed by atoms with Crippen molar-refractivity contribution >= 4 is 22.5 Å². The normalized spacial score (nSPS) is 15.3. The summed E-state index contributed by atoms with van der Waals surface area (Å²) in [6.45, 7) is 3.98. The van der Waals surface area contributed by atoms with Crippen molar-refractivity contribution in [2.45, 2.75) is 32.5 Å². The molecule has 2 aromatic carbocycles. The summed E-state index contributed by atoms with van der Waals surface area (Å²) in [5.41, 5.74) is -0.221. The minimum absolute atomic E-state index is 0.0372. The molecule has 1 amide bonds. The molecule has 0 spiro atoms. The van der Waals surface area contributed by atoms with Crippen molar-refractivity contribution in [2.75, 3.05) is 18.0 Å². The number of fused-ring (bicyclic) bond motifs is 1. The summed E-state index contributed by atoms with van der Waals surface area (Å²) in [5, 5.41) is 12.7. The molecule has 4 rings (SSSR count). The highest BCUT2D eigenvalue weighted by Crippen LogP contribution is 2.30. The summed E-state index contributed by atoms with van der Waals surface area (Å²) in [6.07, 6.45) is -2.27. The van der Waals surface area contributed by atoms with E-state index in [0.717, 1.165) is 49.3 Å². The molecule has 162 valence electrons. The van der Waals surface area contributed by atoms with Gasteiger partial charge < -0.3 is 10.2 Å². The van der Waals surface area contributed by atoms with Crippen LogP contribution >= 0.6 is 0 Å². The highest BCUT2D eigenvalue weighted by Gasteiger charge is 2.30. The molecule has 1 aliphatic rings. The third-order valence-electron chi connectivity index (χ3n) is 5.67. The molecule has 1 N–H and O–H groups in total. The Morgan fingerprint density at radius 2 is 1.77 bits per heavy atom. The maximum atomic E-state index is 12.9. The van der Waals surface area contributed by atoms with Crippen LogP contribution in [0.2, 0.25) is 0 Å². The molecule has 0 radical (unpaired) electrons.